The average molecular weight is 802 g/mol. The fourth-order valence-corrected chi connectivity index (χ4v) is 7.31. The number of amides is 1. The third kappa shape index (κ3) is 43.5. The molecule has 3 N–H and O–H groups in total. The molecule has 0 saturated carbocycles. The van der Waals surface area contributed by atoms with Crippen molar-refractivity contribution in [3.8, 4) is 0 Å². The zero-order chi connectivity index (χ0) is 41.5. The first-order valence-electron chi connectivity index (χ1n) is 24.8. The summed E-state index contributed by atoms with van der Waals surface area (Å²) in [5.41, 5.74) is 0. The first-order valence-corrected chi connectivity index (χ1v) is 24.8. The smallest absolute Gasteiger partial charge is 0.305 e. The van der Waals surface area contributed by atoms with Gasteiger partial charge in [0.2, 0.25) is 5.91 Å². The van der Waals surface area contributed by atoms with Gasteiger partial charge in [0.1, 0.15) is 0 Å². The molecule has 0 aliphatic heterocycles. The largest absolute Gasteiger partial charge is 0.466 e. The fraction of sp³-hybridized carbons (Fsp3) is 0.843. The molecule has 2 atom stereocenters. The topological polar surface area (TPSA) is 95.9 Å². The van der Waals surface area contributed by atoms with E-state index >= 15 is 0 Å². The molecule has 0 aliphatic rings. The van der Waals surface area contributed by atoms with E-state index in [4.69, 9.17) is 4.74 Å². The van der Waals surface area contributed by atoms with Crippen LogP contribution in [0.1, 0.15) is 251 Å². The normalized spacial score (nSPS) is 13.0. The Hall–Kier alpha value is -1.92. The van der Waals surface area contributed by atoms with Crippen LogP contribution in [0, 0.1) is 0 Å². The van der Waals surface area contributed by atoms with Gasteiger partial charge in [-0.2, -0.15) is 0 Å². The lowest BCUT2D eigenvalue weighted by Gasteiger charge is -2.22. The number of rotatable bonds is 45. The Morgan fingerprint density at radius 2 is 0.895 bits per heavy atom. The van der Waals surface area contributed by atoms with Crippen LogP contribution in [-0.2, 0) is 14.3 Å². The van der Waals surface area contributed by atoms with Crippen molar-refractivity contribution in [1.82, 2.24) is 5.32 Å². The molecule has 0 bridgehead atoms. The SMILES string of the molecule is CCCC/C=C\CCCCCCCC(=O)OCCCCC/C=C\C=C/CCCCCCCCCCCCC(=O)NC(CO)C(O)CCCCCCCCCCCC. The first-order chi connectivity index (χ1) is 28.0. The van der Waals surface area contributed by atoms with Crippen molar-refractivity contribution in [1.29, 1.82) is 0 Å². The standard InChI is InChI=1S/C51H95NO5/c1-3-5-7-9-11-13-24-29-33-37-41-45-51(56)57-46-42-38-34-30-26-23-21-19-17-15-16-18-20-22-25-28-32-36-40-44-50(55)52-48(47-53)49(54)43-39-35-31-27-14-12-10-8-6-4-2/h9,11,19,21,23,26,48-49,53-54H,3-8,10,12-18,20,22,24-25,27-47H2,1-2H3,(H,52,55)/b11-9-,21-19-,26-23-. The number of nitrogens with one attached hydrogen (secondary N) is 1. The Morgan fingerprint density at radius 3 is 1.40 bits per heavy atom. The summed E-state index contributed by atoms with van der Waals surface area (Å²) in [7, 11) is 0. The zero-order valence-electron chi connectivity index (χ0n) is 37.8. The van der Waals surface area contributed by atoms with Crippen molar-refractivity contribution < 1.29 is 24.5 Å². The summed E-state index contributed by atoms with van der Waals surface area (Å²) < 4.78 is 5.42. The number of aliphatic hydroxyl groups is 2. The van der Waals surface area contributed by atoms with Crippen molar-refractivity contribution in [3.63, 3.8) is 0 Å². The number of hydrogen-bond donors (Lipinski definition) is 3. The van der Waals surface area contributed by atoms with Crippen molar-refractivity contribution in [2.24, 2.45) is 0 Å². The third-order valence-corrected chi connectivity index (χ3v) is 11.2. The average Bonchev–Trinajstić information content (AvgIpc) is 3.21. The highest BCUT2D eigenvalue weighted by atomic mass is 16.5. The second kappa shape index (κ2) is 46.8. The summed E-state index contributed by atoms with van der Waals surface area (Å²) in [4.78, 5) is 24.3. The van der Waals surface area contributed by atoms with E-state index in [0.717, 1.165) is 70.6 Å². The number of allylic oxidation sites excluding steroid dienone is 6. The van der Waals surface area contributed by atoms with E-state index < -0.39 is 12.1 Å². The number of unbranched alkanes of at least 4 members (excludes halogenated alkanes) is 29. The molecule has 334 valence electrons. The number of carbonyl (C=O) groups is 2. The van der Waals surface area contributed by atoms with Gasteiger partial charge in [-0.1, -0.05) is 198 Å². The van der Waals surface area contributed by atoms with Gasteiger partial charge in [0.25, 0.3) is 0 Å². The summed E-state index contributed by atoms with van der Waals surface area (Å²) >= 11 is 0. The summed E-state index contributed by atoms with van der Waals surface area (Å²) in [6.07, 6.45) is 55.5. The molecule has 0 heterocycles. The van der Waals surface area contributed by atoms with Gasteiger partial charge in [-0.05, 0) is 77.0 Å². The third-order valence-electron chi connectivity index (χ3n) is 11.2. The van der Waals surface area contributed by atoms with Gasteiger partial charge < -0.3 is 20.3 Å². The molecule has 6 nitrogen and oxygen atoms in total. The number of hydrogen-bond acceptors (Lipinski definition) is 5. The summed E-state index contributed by atoms with van der Waals surface area (Å²) in [6.45, 7) is 4.84. The highest BCUT2D eigenvalue weighted by molar-refractivity contribution is 5.76. The molecule has 0 aliphatic carbocycles. The molecule has 0 saturated heterocycles. The minimum Gasteiger partial charge on any atom is -0.466 e. The van der Waals surface area contributed by atoms with Crippen LogP contribution in [0.4, 0.5) is 0 Å². The van der Waals surface area contributed by atoms with Gasteiger partial charge in [0.15, 0.2) is 0 Å². The van der Waals surface area contributed by atoms with Gasteiger partial charge in [0.05, 0.1) is 25.4 Å². The molecule has 0 fully saturated rings. The minimum atomic E-state index is -0.669. The Labute approximate surface area is 353 Å². The molecular formula is C51H95NO5. The van der Waals surface area contributed by atoms with Gasteiger partial charge in [-0.3, -0.25) is 9.59 Å². The number of ether oxygens (including phenoxy) is 1. The maximum absolute atomic E-state index is 12.4. The van der Waals surface area contributed by atoms with Gasteiger partial charge >= 0.3 is 5.97 Å². The molecular weight excluding hydrogens is 707 g/mol. The predicted octanol–water partition coefficient (Wildman–Crippen LogP) is 14.5. The second-order valence-corrected chi connectivity index (χ2v) is 16.8. The first kappa shape index (κ1) is 55.1. The lowest BCUT2D eigenvalue weighted by Crippen LogP contribution is -2.45. The van der Waals surface area contributed by atoms with Crippen LogP contribution in [0.5, 0.6) is 0 Å². The van der Waals surface area contributed by atoms with E-state index in [0.29, 0.717) is 25.9 Å². The fourth-order valence-electron chi connectivity index (χ4n) is 7.31. The highest BCUT2D eigenvalue weighted by Crippen LogP contribution is 2.15. The summed E-state index contributed by atoms with van der Waals surface area (Å²) in [5.74, 6) is -0.0732. The molecule has 0 aromatic rings. The van der Waals surface area contributed by atoms with Crippen LogP contribution in [0.15, 0.2) is 36.5 Å². The predicted molar refractivity (Wildman–Crippen MR) is 246 cm³/mol. The monoisotopic (exact) mass is 802 g/mol. The van der Waals surface area contributed by atoms with E-state index in [1.807, 2.05) is 0 Å². The molecule has 2 unspecified atom stereocenters. The Bertz CT molecular complexity index is 931. The van der Waals surface area contributed by atoms with E-state index in [1.165, 1.54) is 148 Å². The number of esters is 1. The number of carbonyl (C=O) groups excluding carboxylic acids is 2. The Morgan fingerprint density at radius 1 is 0.491 bits per heavy atom. The minimum absolute atomic E-state index is 0.0253. The van der Waals surface area contributed by atoms with Gasteiger partial charge in [-0.25, -0.2) is 0 Å². The van der Waals surface area contributed by atoms with Crippen LogP contribution in [-0.4, -0.2) is 47.4 Å². The van der Waals surface area contributed by atoms with Crippen molar-refractivity contribution in [2.45, 2.75) is 264 Å². The zero-order valence-corrected chi connectivity index (χ0v) is 37.8. The van der Waals surface area contributed by atoms with Crippen molar-refractivity contribution in [2.75, 3.05) is 13.2 Å². The molecule has 0 aromatic heterocycles. The van der Waals surface area contributed by atoms with Crippen LogP contribution < -0.4 is 5.32 Å². The highest BCUT2D eigenvalue weighted by Gasteiger charge is 2.20. The molecule has 0 spiro atoms. The van der Waals surface area contributed by atoms with Crippen molar-refractivity contribution >= 4 is 11.9 Å². The maximum atomic E-state index is 12.4. The Balaban J connectivity index is 3.49. The maximum Gasteiger partial charge on any atom is 0.305 e. The lowest BCUT2D eigenvalue weighted by molar-refractivity contribution is -0.143. The van der Waals surface area contributed by atoms with Gasteiger partial charge in [-0.15, -0.1) is 0 Å². The molecule has 0 aromatic carbocycles. The van der Waals surface area contributed by atoms with Crippen molar-refractivity contribution in [3.05, 3.63) is 36.5 Å². The van der Waals surface area contributed by atoms with E-state index in [1.54, 1.807) is 0 Å². The number of aliphatic hydroxyl groups excluding tert-OH is 2. The molecule has 1 amide bonds. The second-order valence-electron chi connectivity index (χ2n) is 16.8. The lowest BCUT2D eigenvalue weighted by atomic mass is 10.0. The molecule has 57 heavy (non-hydrogen) atoms. The van der Waals surface area contributed by atoms with Gasteiger partial charge in [0, 0.05) is 12.8 Å². The summed E-state index contributed by atoms with van der Waals surface area (Å²) in [6, 6.07) is -0.547. The van der Waals surface area contributed by atoms with Crippen LogP contribution in [0.3, 0.4) is 0 Å². The van der Waals surface area contributed by atoms with Crippen LogP contribution >= 0.6 is 0 Å². The molecule has 6 heteroatoms. The quantitative estimate of drug-likeness (QED) is 0.0247. The summed E-state index contributed by atoms with van der Waals surface area (Å²) in [5, 5.41) is 23.1. The Kier molecular flexibility index (Phi) is 45.2. The van der Waals surface area contributed by atoms with E-state index in [-0.39, 0.29) is 18.5 Å². The molecule has 0 radical (unpaired) electrons. The molecule has 0 rings (SSSR count). The van der Waals surface area contributed by atoms with E-state index in [2.05, 4.69) is 55.6 Å². The van der Waals surface area contributed by atoms with E-state index in [9.17, 15) is 19.8 Å². The van der Waals surface area contributed by atoms with Crippen LogP contribution in [0.2, 0.25) is 0 Å². The van der Waals surface area contributed by atoms with Crippen LogP contribution in [0.25, 0.3) is 0 Å².